The Balaban J connectivity index is 2.35. The lowest BCUT2D eigenvalue weighted by Crippen LogP contribution is -2.40. The Morgan fingerprint density at radius 3 is 2.33 bits per heavy atom. The normalized spacial score (nSPS) is 45.0. The average Bonchev–Trinajstić information content (AvgIpc) is 1.80. The third-order valence-corrected chi connectivity index (χ3v) is 1.30. The monoisotopic (exact) mass is 134 g/mol. The van der Waals surface area contributed by atoms with Gasteiger partial charge in [-0.3, -0.25) is 0 Å². The van der Waals surface area contributed by atoms with Gasteiger partial charge in [0.05, 0.1) is 12.7 Å². The lowest BCUT2D eigenvalue weighted by atomic mass is 10.1. The molecule has 0 aliphatic carbocycles. The summed E-state index contributed by atoms with van der Waals surface area (Å²) in [6.45, 7) is 0.109. The largest absolute Gasteiger partial charge is 0.391 e. The maximum atomic E-state index is 8.81. The number of hydrogen-bond donors (Lipinski definition) is 3. The highest BCUT2D eigenvalue weighted by molar-refractivity contribution is 4.70. The van der Waals surface area contributed by atoms with Crippen molar-refractivity contribution < 1.29 is 20.1 Å². The van der Waals surface area contributed by atoms with Gasteiger partial charge in [-0.05, 0) is 0 Å². The van der Waals surface area contributed by atoms with E-state index in [9.17, 15) is 0 Å². The molecular weight excluding hydrogens is 124 g/mol. The van der Waals surface area contributed by atoms with Crippen LogP contribution < -0.4 is 0 Å². The Labute approximate surface area is 52.7 Å². The number of aliphatic hydroxyl groups excluding tert-OH is 3. The Morgan fingerprint density at radius 1 is 1.22 bits per heavy atom. The van der Waals surface area contributed by atoms with Gasteiger partial charge in [-0.1, -0.05) is 0 Å². The lowest BCUT2D eigenvalue weighted by molar-refractivity contribution is -0.211. The van der Waals surface area contributed by atoms with Crippen molar-refractivity contribution in [2.75, 3.05) is 6.61 Å². The summed E-state index contributed by atoms with van der Waals surface area (Å²) in [5.74, 6) is 0. The fourth-order valence-electron chi connectivity index (χ4n) is 0.784. The van der Waals surface area contributed by atoms with Crippen LogP contribution in [-0.4, -0.2) is 40.4 Å². The molecule has 1 heterocycles. The molecule has 3 N–H and O–H groups in total. The first-order valence-corrected chi connectivity index (χ1v) is 2.86. The highest BCUT2D eigenvalue weighted by atomic mass is 16.6. The van der Waals surface area contributed by atoms with Gasteiger partial charge in [-0.15, -0.1) is 0 Å². The average molecular weight is 134 g/mol. The summed E-state index contributed by atoms with van der Waals surface area (Å²) < 4.78 is 4.56. The van der Waals surface area contributed by atoms with Crippen LogP contribution in [0.15, 0.2) is 0 Å². The van der Waals surface area contributed by atoms with E-state index in [0.717, 1.165) is 0 Å². The first-order chi connectivity index (χ1) is 4.20. The number of ether oxygens (including phenoxy) is 1. The maximum Gasteiger partial charge on any atom is 0.181 e. The Morgan fingerprint density at radius 2 is 1.89 bits per heavy atom. The van der Waals surface area contributed by atoms with E-state index in [4.69, 9.17) is 15.3 Å². The zero-order chi connectivity index (χ0) is 6.85. The van der Waals surface area contributed by atoms with Gasteiger partial charge in [-0.2, -0.15) is 0 Å². The SMILES string of the molecule is OC1COC(O)C(O)C1. The maximum absolute atomic E-state index is 8.81. The van der Waals surface area contributed by atoms with Crippen LogP contribution in [0, 0.1) is 0 Å². The van der Waals surface area contributed by atoms with E-state index in [1.54, 1.807) is 0 Å². The van der Waals surface area contributed by atoms with E-state index in [-0.39, 0.29) is 13.0 Å². The lowest BCUT2D eigenvalue weighted by Gasteiger charge is -2.26. The summed E-state index contributed by atoms with van der Waals surface area (Å²) in [5, 5.41) is 26.3. The van der Waals surface area contributed by atoms with E-state index in [1.165, 1.54) is 0 Å². The summed E-state index contributed by atoms with van der Waals surface area (Å²) in [7, 11) is 0. The number of rotatable bonds is 0. The third kappa shape index (κ3) is 1.62. The van der Waals surface area contributed by atoms with Crippen molar-refractivity contribution in [3.63, 3.8) is 0 Å². The van der Waals surface area contributed by atoms with Gasteiger partial charge in [0.25, 0.3) is 0 Å². The van der Waals surface area contributed by atoms with Gasteiger partial charge < -0.3 is 20.1 Å². The summed E-state index contributed by atoms with van der Waals surface area (Å²) in [6.07, 6.45) is -2.49. The predicted molar refractivity (Wildman–Crippen MR) is 28.6 cm³/mol. The first-order valence-electron chi connectivity index (χ1n) is 2.86. The predicted octanol–water partition coefficient (Wildman–Crippen LogP) is -1.55. The van der Waals surface area contributed by atoms with Crippen LogP contribution in [0.2, 0.25) is 0 Å². The van der Waals surface area contributed by atoms with Gasteiger partial charge in [0, 0.05) is 6.42 Å². The molecule has 1 aliphatic rings. The number of hydrogen-bond acceptors (Lipinski definition) is 4. The van der Waals surface area contributed by atoms with Crippen molar-refractivity contribution in [3.05, 3.63) is 0 Å². The molecule has 1 rings (SSSR count). The van der Waals surface area contributed by atoms with Gasteiger partial charge in [0.2, 0.25) is 0 Å². The second-order valence-corrected chi connectivity index (χ2v) is 2.18. The van der Waals surface area contributed by atoms with E-state index in [1.807, 2.05) is 0 Å². The molecule has 1 aliphatic heterocycles. The Kier molecular flexibility index (Phi) is 2.02. The minimum absolute atomic E-state index is 0.109. The van der Waals surface area contributed by atoms with Crippen molar-refractivity contribution in [1.82, 2.24) is 0 Å². The standard InChI is InChI=1S/C5H10O4/c6-3-1-4(7)5(8)9-2-3/h3-8H,1-2H2. The van der Waals surface area contributed by atoms with Crippen molar-refractivity contribution >= 4 is 0 Å². The molecular formula is C5H10O4. The third-order valence-electron chi connectivity index (χ3n) is 1.30. The van der Waals surface area contributed by atoms with E-state index in [2.05, 4.69) is 4.74 Å². The molecule has 0 spiro atoms. The molecule has 0 radical (unpaired) electrons. The molecule has 54 valence electrons. The van der Waals surface area contributed by atoms with E-state index >= 15 is 0 Å². The second-order valence-electron chi connectivity index (χ2n) is 2.18. The molecule has 3 atom stereocenters. The second kappa shape index (κ2) is 2.62. The zero-order valence-electron chi connectivity index (χ0n) is 4.90. The zero-order valence-corrected chi connectivity index (χ0v) is 4.90. The molecule has 9 heavy (non-hydrogen) atoms. The van der Waals surface area contributed by atoms with Crippen LogP contribution in [-0.2, 0) is 4.74 Å². The molecule has 0 aromatic heterocycles. The van der Waals surface area contributed by atoms with Crippen LogP contribution in [0.4, 0.5) is 0 Å². The van der Waals surface area contributed by atoms with Crippen LogP contribution in [0.5, 0.6) is 0 Å². The smallest absolute Gasteiger partial charge is 0.181 e. The summed E-state index contributed by atoms with van der Waals surface area (Å²) in [6, 6.07) is 0. The topological polar surface area (TPSA) is 69.9 Å². The highest BCUT2D eigenvalue weighted by Gasteiger charge is 2.26. The van der Waals surface area contributed by atoms with Gasteiger partial charge >= 0.3 is 0 Å². The minimum Gasteiger partial charge on any atom is -0.391 e. The summed E-state index contributed by atoms with van der Waals surface area (Å²) in [4.78, 5) is 0. The molecule has 0 aromatic rings. The molecule has 1 fully saturated rings. The summed E-state index contributed by atoms with van der Waals surface area (Å²) >= 11 is 0. The van der Waals surface area contributed by atoms with E-state index < -0.39 is 18.5 Å². The molecule has 3 unspecified atom stereocenters. The van der Waals surface area contributed by atoms with E-state index in [0.29, 0.717) is 0 Å². The van der Waals surface area contributed by atoms with Crippen LogP contribution in [0.3, 0.4) is 0 Å². The molecule has 4 heteroatoms. The van der Waals surface area contributed by atoms with Crippen molar-refractivity contribution in [3.8, 4) is 0 Å². The quantitative estimate of drug-likeness (QED) is 0.375. The van der Waals surface area contributed by atoms with Crippen LogP contribution in [0.1, 0.15) is 6.42 Å². The minimum atomic E-state index is -1.12. The fourth-order valence-corrected chi connectivity index (χ4v) is 0.784. The first kappa shape index (κ1) is 6.95. The van der Waals surface area contributed by atoms with Crippen LogP contribution in [0.25, 0.3) is 0 Å². The van der Waals surface area contributed by atoms with Gasteiger partial charge in [-0.25, -0.2) is 0 Å². The van der Waals surface area contributed by atoms with Gasteiger partial charge in [0.15, 0.2) is 6.29 Å². The Hall–Kier alpha value is -0.160. The molecule has 0 saturated carbocycles. The van der Waals surface area contributed by atoms with Crippen molar-refractivity contribution in [2.24, 2.45) is 0 Å². The molecule has 0 amide bonds. The summed E-state index contributed by atoms with van der Waals surface area (Å²) in [5.41, 5.74) is 0. The Bertz CT molecular complexity index is 95.0. The van der Waals surface area contributed by atoms with Crippen LogP contribution >= 0.6 is 0 Å². The van der Waals surface area contributed by atoms with Gasteiger partial charge in [0.1, 0.15) is 6.10 Å². The highest BCUT2D eigenvalue weighted by Crippen LogP contribution is 2.11. The molecule has 4 nitrogen and oxygen atoms in total. The molecule has 0 bridgehead atoms. The fraction of sp³-hybridized carbons (Fsp3) is 1.00. The van der Waals surface area contributed by atoms with Crippen molar-refractivity contribution in [2.45, 2.75) is 24.9 Å². The molecule has 1 saturated heterocycles. The number of aliphatic hydroxyl groups is 3. The van der Waals surface area contributed by atoms with Crippen molar-refractivity contribution in [1.29, 1.82) is 0 Å². The molecule has 0 aromatic carbocycles.